The van der Waals surface area contributed by atoms with Crippen molar-refractivity contribution in [2.24, 2.45) is 5.92 Å². The molecule has 0 radical (unpaired) electrons. The number of rotatable bonds is 7. The van der Waals surface area contributed by atoms with E-state index in [4.69, 9.17) is 6.42 Å². The van der Waals surface area contributed by atoms with E-state index in [9.17, 15) is 5.11 Å². The van der Waals surface area contributed by atoms with Crippen molar-refractivity contribution in [3.8, 4) is 12.3 Å². The molecular weight excluding hydrogens is 160 g/mol. The Hall–Kier alpha value is -0.480. The van der Waals surface area contributed by atoms with E-state index in [0.29, 0.717) is 6.42 Å². The molecule has 1 saturated carbocycles. The second-order valence-corrected chi connectivity index (χ2v) is 4.14. The van der Waals surface area contributed by atoms with Crippen molar-refractivity contribution in [2.75, 3.05) is 0 Å². The Labute approximate surface area is 81.5 Å². The molecular formula is C12H20O. The average molecular weight is 180 g/mol. The molecule has 0 aromatic carbocycles. The first-order chi connectivity index (χ1) is 6.33. The zero-order valence-corrected chi connectivity index (χ0v) is 8.34. The van der Waals surface area contributed by atoms with Crippen LogP contribution in [0.2, 0.25) is 0 Å². The Kier molecular flexibility index (Phi) is 4.93. The van der Waals surface area contributed by atoms with E-state index in [1.165, 1.54) is 32.1 Å². The summed E-state index contributed by atoms with van der Waals surface area (Å²) in [5, 5.41) is 9.33. The van der Waals surface area contributed by atoms with Gasteiger partial charge in [-0.2, -0.15) is 0 Å². The number of aliphatic hydroxyl groups is 1. The lowest BCUT2D eigenvalue weighted by Gasteiger charge is -2.05. The molecule has 13 heavy (non-hydrogen) atoms. The molecule has 1 aliphatic carbocycles. The highest BCUT2D eigenvalue weighted by atomic mass is 16.3. The molecule has 1 aliphatic rings. The van der Waals surface area contributed by atoms with Gasteiger partial charge in [-0.3, -0.25) is 0 Å². The standard InChI is InChI=1S/C12H20O/c1-2-6-12(13)8-5-3-4-7-11-9-10-11/h1,11-13H,3-10H2. The molecule has 0 amide bonds. The van der Waals surface area contributed by atoms with Gasteiger partial charge in [-0.05, 0) is 12.3 Å². The topological polar surface area (TPSA) is 20.2 Å². The van der Waals surface area contributed by atoms with E-state index in [0.717, 1.165) is 18.8 Å². The minimum absolute atomic E-state index is 0.258. The monoisotopic (exact) mass is 180 g/mol. The van der Waals surface area contributed by atoms with Crippen molar-refractivity contribution < 1.29 is 5.11 Å². The summed E-state index contributed by atoms with van der Waals surface area (Å²) in [5.41, 5.74) is 0. The number of unbranched alkanes of at least 4 members (excludes halogenated alkanes) is 2. The molecule has 1 N–H and O–H groups in total. The molecule has 0 aromatic heterocycles. The Morgan fingerprint density at radius 1 is 1.31 bits per heavy atom. The fourth-order valence-electron chi connectivity index (χ4n) is 1.63. The third kappa shape index (κ3) is 5.71. The minimum atomic E-state index is -0.258. The normalized spacial score (nSPS) is 18.2. The van der Waals surface area contributed by atoms with Crippen molar-refractivity contribution in [1.29, 1.82) is 0 Å². The van der Waals surface area contributed by atoms with Crippen LogP contribution in [0, 0.1) is 18.3 Å². The van der Waals surface area contributed by atoms with Gasteiger partial charge in [0.05, 0.1) is 6.10 Å². The zero-order chi connectivity index (χ0) is 9.52. The molecule has 0 heterocycles. The summed E-state index contributed by atoms with van der Waals surface area (Å²) in [5.74, 6) is 3.54. The van der Waals surface area contributed by atoms with Crippen molar-refractivity contribution in [1.82, 2.24) is 0 Å². The van der Waals surface area contributed by atoms with Crippen LogP contribution in [0.15, 0.2) is 0 Å². The quantitative estimate of drug-likeness (QED) is 0.472. The highest BCUT2D eigenvalue weighted by molar-refractivity contribution is 4.86. The second-order valence-electron chi connectivity index (χ2n) is 4.14. The first-order valence-electron chi connectivity index (χ1n) is 5.44. The summed E-state index contributed by atoms with van der Waals surface area (Å²) >= 11 is 0. The van der Waals surface area contributed by atoms with Gasteiger partial charge in [0.15, 0.2) is 0 Å². The first kappa shape index (κ1) is 10.6. The van der Waals surface area contributed by atoms with Crippen LogP contribution in [0.3, 0.4) is 0 Å². The number of hydrogen-bond acceptors (Lipinski definition) is 1. The zero-order valence-electron chi connectivity index (χ0n) is 8.34. The maximum Gasteiger partial charge on any atom is 0.0649 e. The van der Waals surface area contributed by atoms with Crippen molar-refractivity contribution in [3.05, 3.63) is 0 Å². The predicted octanol–water partition coefficient (Wildman–Crippen LogP) is 2.73. The molecule has 1 atom stereocenters. The van der Waals surface area contributed by atoms with E-state index >= 15 is 0 Å². The van der Waals surface area contributed by atoms with Crippen LogP contribution in [0.1, 0.15) is 51.4 Å². The van der Waals surface area contributed by atoms with Gasteiger partial charge in [0.1, 0.15) is 0 Å². The molecule has 0 spiro atoms. The maximum atomic E-state index is 9.33. The van der Waals surface area contributed by atoms with Crippen LogP contribution < -0.4 is 0 Å². The smallest absolute Gasteiger partial charge is 0.0649 e. The van der Waals surface area contributed by atoms with Gasteiger partial charge in [-0.1, -0.05) is 38.5 Å². The third-order valence-electron chi connectivity index (χ3n) is 2.70. The molecule has 0 saturated heterocycles. The summed E-state index contributed by atoms with van der Waals surface area (Å²) < 4.78 is 0. The van der Waals surface area contributed by atoms with E-state index < -0.39 is 0 Å². The summed E-state index contributed by atoms with van der Waals surface area (Å²) in [7, 11) is 0. The highest BCUT2D eigenvalue weighted by Crippen LogP contribution is 2.34. The van der Waals surface area contributed by atoms with Crippen LogP contribution in [0.4, 0.5) is 0 Å². The summed E-state index contributed by atoms with van der Waals surface area (Å²) in [4.78, 5) is 0. The number of aliphatic hydroxyl groups excluding tert-OH is 1. The van der Waals surface area contributed by atoms with E-state index in [-0.39, 0.29) is 6.10 Å². The summed E-state index contributed by atoms with van der Waals surface area (Å²) in [6, 6.07) is 0. The fraction of sp³-hybridized carbons (Fsp3) is 0.833. The SMILES string of the molecule is C#CCC(O)CCCCCC1CC1. The van der Waals surface area contributed by atoms with E-state index in [1.807, 2.05) is 0 Å². The molecule has 1 unspecified atom stereocenters. The van der Waals surface area contributed by atoms with Gasteiger partial charge < -0.3 is 5.11 Å². The lowest BCUT2D eigenvalue weighted by atomic mass is 10.1. The Balaban J connectivity index is 1.79. The van der Waals surface area contributed by atoms with Gasteiger partial charge in [-0.25, -0.2) is 0 Å². The molecule has 1 fully saturated rings. The lowest BCUT2D eigenvalue weighted by Crippen LogP contribution is -2.04. The second kappa shape index (κ2) is 6.05. The van der Waals surface area contributed by atoms with Crippen LogP contribution in [-0.4, -0.2) is 11.2 Å². The maximum absolute atomic E-state index is 9.33. The molecule has 1 nitrogen and oxygen atoms in total. The molecule has 1 heteroatoms. The van der Waals surface area contributed by atoms with Crippen molar-refractivity contribution in [2.45, 2.75) is 57.5 Å². The van der Waals surface area contributed by atoms with Crippen LogP contribution in [-0.2, 0) is 0 Å². The average Bonchev–Trinajstić information content (AvgIpc) is 2.88. The summed E-state index contributed by atoms with van der Waals surface area (Å²) in [6.07, 6.45) is 14.3. The van der Waals surface area contributed by atoms with Crippen molar-refractivity contribution in [3.63, 3.8) is 0 Å². The van der Waals surface area contributed by atoms with Gasteiger partial charge in [0.25, 0.3) is 0 Å². The van der Waals surface area contributed by atoms with Gasteiger partial charge in [-0.15, -0.1) is 12.3 Å². The molecule has 1 rings (SSSR count). The van der Waals surface area contributed by atoms with Crippen LogP contribution >= 0.6 is 0 Å². The lowest BCUT2D eigenvalue weighted by molar-refractivity contribution is 0.166. The Morgan fingerprint density at radius 2 is 2.08 bits per heavy atom. The minimum Gasteiger partial charge on any atom is -0.392 e. The van der Waals surface area contributed by atoms with E-state index in [2.05, 4.69) is 5.92 Å². The largest absolute Gasteiger partial charge is 0.392 e. The molecule has 0 aliphatic heterocycles. The molecule has 0 aromatic rings. The van der Waals surface area contributed by atoms with Crippen molar-refractivity contribution >= 4 is 0 Å². The van der Waals surface area contributed by atoms with Crippen LogP contribution in [0.5, 0.6) is 0 Å². The molecule has 74 valence electrons. The predicted molar refractivity (Wildman–Crippen MR) is 55.3 cm³/mol. The van der Waals surface area contributed by atoms with Gasteiger partial charge >= 0.3 is 0 Å². The van der Waals surface area contributed by atoms with Crippen LogP contribution in [0.25, 0.3) is 0 Å². The highest BCUT2D eigenvalue weighted by Gasteiger charge is 2.19. The third-order valence-corrected chi connectivity index (χ3v) is 2.70. The van der Waals surface area contributed by atoms with E-state index in [1.54, 1.807) is 0 Å². The fourth-order valence-corrected chi connectivity index (χ4v) is 1.63. The van der Waals surface area contributed by atoms with Gasteiger partial charge in [0.2, 0.25) is 0 Å². The Morgan fingerprint density at radius 3 is 2.69 bits per heavy atom. The Bertz CT molecular complexity index is 164. The molecule has 0 bridgehead atoms. The van der Waals surface area contributed by atoms with Gasteiger partial charge in [0, 0.05) is 6.42 Å². The first-order valence-corrected chi connectivity index (χ1v) is 5.44. The summed E-state index contributed by atoms with van der Waals surface area (Å²) in [6.45, 7) is 0. The number of hydrogen-bond donors (Lipinski definition) is 1. The number of terminal acetylenes is 1.